The molecule has 0 saturated heterocycles. The van der Waals surface area contributed by atoms with Crippen LogP contribution in [-0.2, 0) is 14.2 Å². The predicted molar refractivity (Wildman–Crippen MR) is 83.5 cm³/mol. The van der Waals surface area contributed by atoms with Crippen LogP contribution in [0.2, 0.25) is 0 Å². The molecule has 2 N–H and O–H groups in total. The number of alkyl halides is 2. The highest BCUT2D eigenvalue weighted by Crippen LogP contribution is 1.91. The number of rotatable bonds is 13. The van der Waals surface area contributed by atoms with Crippen molar-refractivity contribution in [2.45, 2.75) is 12.8 Å². The minimum Gasteiger partial charge on any atom is -0.394 e. The molecule has 0 heterocycles. The van der Waals surface area contributed by atoms with Gasteiger partial charge in [-0.3, -0.25) is 0 Å². The molecule has 0 amide bonds. The van der Waals surface area contributed by atoms with E-state index in [0.717, 1.165) is 36.7 Å². The molecule has 0 aliphatic carbocycles. The predicted octanol–water partition coefficient (Wildman–Crippen LogP) is 1.58. The zero-order valence-electron chi connectivity index (χ0n) is 11.4. The summed E-state index contributed by atoms with van der Waals surface area (Å²) in [6, 6.07) is 0. The van der Waals surface area contributed by atoms with Crippen LogP contribution >= 0.6 is 31.9 Å². The van der Waals surface area contributed by atoms with E-state index in [2.05, 4.69) is 31.9 Å². The second-order valence-corrected chi connectivity index (χ2v) is 4.96. The maximum atomic E-state index is 8.26. The highest BCUT2D eigenvalue weighted by Gasteiger charge is 1.87. The fourth-order valence-corrected chi connectivity index (χ4v) is 1.32. The van der Waals surface area contributed by atoms with E-state index in [1.807, 2.05) is 0 Å². The molecular weight excluding hydrogens is 384 g/mol. The van der Waals surface area contributed by atoms with E-state index in [9.17, 15) is 0 Å². The van der Waals surface area contributed by atoms with E-state index in [-0.39, 0.29) is 13.2 Å². The standard InChI is InChI=1S/C6H12Br2O.C6H14O4/c7-3-1-5-9-6-2-4-8;7-1-3-9-5-6-10-4-2-8/h1-6H2;7-8H,1-6H2. The van der Waals surface area contributed by atoms with Crippen molar-refractivity contribution in [3.05, 3.63) is 0 Å². The third-order valence-electron chi connectivity index (χ3n) is 1.69. The van der Waals surface area contributed by atoms with Crippen LogP contribution < -0.4 is 0 Å². The molecule has 0 radical (unpaired) electrons. The number of ether oxygens (including phenoxy) is 3. The summed E-state index contributed by atoms with van der Waals surface area (Å²) in [5.74, 6) is 0. The zero-order chi connectivity index (χ0) is 14.6. The molecule has 0 aromatic rings. The molecule has 0 aliphatic rings. The number of aliphatic hydroxyl groups is 2. The molecular formula is C12H26Br2O5. The summed E-state index contributed by atoms with van der Waals surface area (Å²) in [4.78, 5) is 0. The Hall–Kier alpha value is 0.760. The van der Waals surface area contributed by atoms with Gasteiger partial charge in [-0.05, 0) is 12.8 Å². The average molecular weight is 410 g/mol. The average Bonchev–Trinajstić information content (AvgIpc) is 2.43. The van der Waals surface area contributed by atoms with Crippen LogP contribution in [0.3, 0.4) is 0 Å². The van der Waals surface area contributed by atoms with Gasteiger partial charge in [0.15, 0.2) is 0 Å². The van der Waals surface area contributed by atoms with Crippen LogP contribution in [0.4, 0.5) is 0 Å². The summed E-state index contributed by atoms with van der Waals surface area (Å²) >= 11 is 6.66. The molecule has 0 fully saturated rings. The summed E-state index contributed by atoms with van der Waals surface area (Å²) in [5, 5.41) is 18.6. The summed E-state index contributed by atoms with van der Waals surface area (Å²) in [6.45, 7) is 3.50. The highest BCUT2D eigenvalue weighted by atomic mass is 79.9. The van der Waals surface area contributed by atoms with Crippen LogP contribution in [0, 0.1) is 0 Å². The largest absolute Gasteiger partial charge is 0.394 e. The van der Waals surface area contributed by atoms with Gasteiger partial charge in [-0.25, -0.2) is 0 Å². The SMILES string of the molecule is BrCCCOCCCBr.OCCOCCOCCO. The fourth-order valence-electron chi connectivity index (χ4n) is 0.866. The van der Waals surface area contributed by atoms with E-state index >= 15 is 0 Å². The van der Waals surface area contributed by atoms with Gasteiger partial charge in [-0.2, -0.15) is 0 Å². The van der Waals surface area contributed by atoms with Crippen molar-refractivity contribution in [1.29, 1.82) is 0 Å². The summed E-state index contributed by atoms with van der Waals surface area (Å²) < 4.78 is 15.0. The minimum absolute atomic E-state index is 0.0417. The number of halogens is 2. The van der Waals surface area contributed by atoms with Crippen molar-refractivity contribution in [3.8, 4) is 0 Å². The van der Waals surface area contributed by atoms with Crippen LogP contribution in [-0.4, -0.2) is 73.7 Å². The number of hydrogen-bond donors (Lipinski definition) is 2. The van der Waals surface area contributed by atoms with E-state index in [1.165, 1.54) is 0 Å². The molecule has 5 nitrogen and oxygen atoms in total. The minimum atomic E-state index is 0.0417. The Morgan fingerprint density at radius 3 is 1.26 bits per heavy atom. The number of hydrogen-bond acceptors (Lipinski definition) is 5. The fraction of sp³-hybridized carbons (Fsp3) is 1.00. The van der Waals surface area contributed by atoms with Gasteiger partial charge in [-0.1, -0.05) is 31.9 Å². The van der Waals surface area contributed by atoms with Gasteiger partial charge in [0, 0.05) is 23.9 Å². The molecule has 0 bridgehead atoms. The van der Waals surface area contributed by atoms with Crippen LogP contribution in [0.25, 0.3) is 0 Å². The summed E-state index contributed by atoms with van der Waals surface area (Å²) in [5.41, 5.74) is 0. The topological polar surface area (TPSA) is 68.2 Å². The Labute approximate surface area is 132 Å². The maximum absolute atomic E-state index is 8.26. The van der Waals surface area contributed by atoms with E-state index < -0.39 is 0 Å². The Kier molecular flexibility index (Phi) is 27.6. The molecule has 0 spiro atoms. The zero-order valence-corrected chi connectivity index (χ0v) is 14.5. The first kappa shape index (κ1) is 22.0. The van der Waals surface area contributed by atoms with Gasteiger partial charge in [0.2, 0.25) is 0 Å². The van der Waals surface area contributed by atoms with E-state index in [1.54, 1.807) is 0 Å². The summed E-state index contributed by atoms with van der Waals surface area (Å²) in [7, 11) is 0. The summed E-state index contributed by atoms with van der Waals surface area (Å²) in [6.07, 6.45) is 2.23. The molecule has 0 atom stereocenters. The van der Waals surface area contributed by atoms with Crippen molar-refractivity contribution < 1.29 is 24.4 Å². The molecule has 118 valence electrons. The molecule has 0 aromatic carbocycles. The highest BCUT2D eigenvalue weighted by molar-refractivity contribution is 9.09. The quantitative estimate of drug-likeness (QED) is 0.357. The molecule has 0 saturated carbocycles. The van der Waals surface area contributed by atoms with Crippen molar-refractivity contribution in [1.82, 2.24) is 0 Å². The third-order valence-corrected chi connectivity index (χ3v) is 2.81. The first-order valence-corrected chi connectivity index (χ1v) is 8.64. The monoisotopic (exact) mass is 408 g/mol. The van der Waals surface area contributed by atoms with Crippen LogP contribution in [0.1, 0.15) is 12.8 Å². The van der Waals surface area contributed by atoms with Gasteiger partial charge in [-0.15, -0.1) is 0 Å². The Bertz CT molecular complexity index is 127. The van der Waals surface area contributed by atoms with Gasteiger partial charge in [0.25, 0.3) is 0 Å². The Morgan fingerprint density at radius 1 is 0.579 bits per heavy atom. The number of aliphatic hydroxyl groups excluding tert-OH is 2. The van der Waals surface area contributed by atoms with Crippen molar-refractivity contribution in [2.24, 2.45) is 0 Å². The molecule has 0 aromatic heterocycles. The Balaban J connectivity index is 0. The van der Waals surface area contributed by atoms with Crippen molar-refractivity contribution in [3.63, 3.8) is 0 Å². The van der Waals surface area contributed by atoms with Crippen molar-refractivity contribution in [2.75, 3.05) is 63.5 Å². The molecule has 0 rings (SSSR count). The van der Waals surface area contributed by atoms with E-state index in [0.29, 0.717) is 26.4 Å². The van der Waals surface area contributed by atoms with Crippen LogP contribution in [0.5, 0.6) is 0 Å². The molecule has 0 unspecified atom stereocenters. The first-order valence-electron chi connectivity index (χ1n) is 6.40. The molecule has 19 heavy (non-hydrogen) atoms. The molecule has 7 heteroatoms. The second-order valence-electron chi connectivity index (χ2n) is 3.37. The lowest BCUT2D eigenvalue weighted by Crippen LogP contribution is -2.09. The van der Waals surface area contributed by atoms with Crippen molar-refractivity contribution >= 4 is 31.9 Å². The van der Waals surface area contributed by atoms with Crippen LogP contribution in [0.15, 0.2) is 0 Å². The third kappa shape index (κ3) is 27.8. The lowest BCUT2D eigenvalue weighted by Gasteiger charge is -2.01. The Morgan fingerprint density at radius 2 is 0.947 bits per heavy atom. The van der Waals surface area contributed by atoms with Gasteiger partial charge < -0.3 is 24.4 Å². The smallest absolute Gasteiger partial charge is 0.0701 e. The van der Waals surface area contributed by atoms with Gasteiger partial charge in [0.1, 0.15) is 0 Å². The normalized spacial score (nSPS) is 10.1. The van der Waals surface area contributed by atoms with Gasteiger partial charge in [0.05, 0.1) is 39.6 Å². The lowest BCUT2D eigenvalue weighted by atomic mass is 10.5. The van der Waals surface area contributed by atoms with Gasteiger partial charge >= 0.3 is 0 Å². The lowest BCUT2D eigenvalue weighted by molar-refractivity contribution is 0.0222. The van der Waals surface area contributed by atoms with E-state index in [4.69, 9.17) is 24.4 Å². The first-order chi connectivity index (χ1) is 9.33. The maximum Gasteiger partial charge on any atom is 0.0701 e. The second kappa shape index (κ2) is 23.8. The molecule has 0 aliphatic heterocycles.